The van der Waals surface area contributed by atoms with Crippen LogP contribution in [0.15, 0.2) is 30.6 Å². The third-order valence-electron chi connectivity index (χ3n) is 3.78. The van der Waals surface area contributed by atoms with Crippen LogP contribution in [0.2, 0.25) is 0 Å². The second kappa shape index (κ2) is 5.27. The molecular formula is C15H15F2N3O. The van der Waals surface area contributed by atoms with Crippen molar-refractivity contribution in [3.63, 3.8) is 0 Å². The quantitative estimate of drug-likeness (QED) is 0.853. The number of nitrogens with zero attached hydrogens (tertiary/aromatic N) is 3. The van der Waals surface area contributed by atoms with Crippen molar-refractivity contribution in [1.29, 1.82) is 0 Å². The van der Waals surface area contributed by atoms with E-state index in [1.54, 1.807) is 15.8 Å². The zero-order chi connectivity index (χ0) is 15.0. The first kappa shape index (κ1) is 13.7. The molecular weight excluding hydrogens is 276 g/mol. The summed E-state index contributed by atoms with van der Waals surface area (Å²) in [5, 5.41) is 4.11. The van der Waals surface area contributed by atoms with E-state index in [2.05, 4.69) is 5.10 Å². The average molecular weight is 291 g/mol. The van der Waals surface area contributed by atoms with Gasteiger partial charge in [-0.1, -0.05) is 0 Å². The Kier molecular flexibility index (Phi) is 3.45. The highest BCUT2D eigenvalue weighted by Crippen LogP contribution is 2.33. The molecule has 1 aromatic carbocycles. The van der Waals surface area contributed by atoms with Gasteiger partial charge in [0, 0.05) is 31.4 Å². The molecule has 2 heterocycles. The molecule has 0 unspecified atom stereocenters. The monoisotopic (exact) mass is 291 g/mol. The number of likely N-dealkylation sites (tertiary alicyclic amines) is 1. The minimum atomic E-state index is -0.822. The Bertz CT molecular complexity index is 683. The first-order chi connectivity index (χ1) is 10.1. The molecule has 4 nitrogen and oxygen atoms in total. The molecule has 0 saturated carbocycles. The number of benzene rings is 1. The van der Waals surface area contributed by atoms with Gasteiger partial charge in [-0.2, -0.15) is 5.10 Å². The first-order valence-electron chi connectivity index (χ1n) is 6.81. The maximum Gasteiger partial charge on any atom is 0.257 e. The summed E-state index contributed by atoms with van der Waals surface area (Å²) >= 11 is 0. The zero-order valence-electron chi connectivity index (χ0n) is 11.6. The van der Waals surface area contributed by atoms with Crippen LogP contribution in [0, 0.1) is 11.6 Å². The van der Waals surface area contributed by atoms with Crippen molar-refractivity contribution in [1.82, 2.24) is 14.7 Å². The molecule has 1 aliphatic rings. The molecule has 110 valence electrons. The van der Waals surface area contributed by atoms with Crippen LogP contribution in [0.1, 0.15) is 34.8 Å². The molecule has 1 atom stereocenters. The molecule has 0 spiro atoms. The van der Waals surface area contributed by atoms with Gasteiger partial charge in [-0.05, 0) is 25.0 Å². The molecule has 6 heteroatoms. The number of aryl methyl sites for hydroxylation is 1. The van der Waals surface area contributed by atoms with E-state index in [-0.39, 0.29) is 11.6 Å². The first-order valence-corrected chi connectivity index (χ1v) is 6.81. The van der Waals surface area contributed by atoms with Crippen LogP contribution in [0.4, 0.5) is 8.78 Å². The Hall–Kier alpha value is -2.24. The summed E-state index contributed by atoms with van der Waals surface area (Å²) in [6.45, 7) is 0.565. The fourth-order valence-corrected chi connectivity index (χ4v) is 2.79. The van der Waals surface area contributed by atoms with E-state index in [9.17, 15) is 13.6 Å². The van der Waals surface area contributed by atoms with Crippen LogP contribution in [0.3, 0.4) is 0 Å². The molecule has 1 saturated heterocycles. The highest BCUT2D eigenvalue weighted by Gasteiger charge is 2.32. The maximum absolute atomic E-state index is 13.8. The van der Waals surface area contributed by atoms with E-state index >= 15 is 0 Å². The summed E-state index contributed by atoms with van der Waals surface area (Å²) < 4.78 is 28.4. The van der Waals surface area contributed by atoms with Gasteiger partial charge in [0.25, 0.3) is 5.91 Å². The fraction of sp³-hybridized carbons (Fsp3) is 0.333. The zero-order valence-corrected chi connectivity index (χ0v) is 11.6. The lowest BCUT2D eigenvalue weighted by atomic mass is 10.1. The van der Waals surface area contributed by atoms with Crippen molar-refractivity contribution in [3.05, 3.63) is 53.4 Å². The average Bonchev–Trinajstić information content (AvgIpc) is 3.06. The smallest absolute Gasteiger partial charge is 0.257 e. The molecule has 0 N–H and O–H groups in total. The van der Waals surface area contributed by atoms with Gasteiger partial charge >= 0.3 is 0 Å². The van der Waals surface area contributed by atoms with Gasteiger partial charge in [0.15, 0.2) is 0 Å². The number of amides is 1. The Morgan fingerprint density at radius 3 is 2.86 bits per heavy atom. The van der Waals surface area contributed by atoms with Gasteiger partial charge in [0.05, 0.1) is 17.8 Å². The summed E-state index contributed by atoms with van der Waals surface area (Å²) in [4.78, 5) is 14.1. The Balaban J connectivity index is 1.89. The number of halogens is 2. The molecule has 1 fully saturated rings. The number of carbonyl (C=O) groups excluding carboxylic acids is 1. The predicted octanol–water partition coefficient (Wildman–Crippen LogP) is 2.68. The van der Waals surface area contributed by atoms with E-state index in [4.69, 9.17) is 0 Å². The fourth-order valence-electron chi connectivity index (χ4n) is 2.79. The lowest BCUT2D eigenvalue weighted by Gasteiger charge is -2.24. The molecule has 0 bridgehead atoms. The van der Waals surface area contributed by atoms with Crippen LogP contribution in [-0.4, -0.2) is 27.1 Å². The van der Waals surface area contributed by atoms with Crippen molar-refractivity contribution in [2.45, 2.75) is 18.9 Å². The molecule has 1 amide bonds. The lowest BCUT2D eigenvalue weighted by molar-refractivity contribution is 0.0731. The van der Waals surface area contributed by atoms with Gasteiger partial charge in [-0.15, -0.1) is 0 Å². The van der Waals surface area contributed by atoms with Gasteiger partial charge in [-0.25, -0.2) is 8.78 Å². The Morgan fingerprint density at radius 2 is 2.19 bits per heavy atom. The predicted molar refractivity (Wildman–Crippen MR) is 72.6 cm³/mol. The second-order valence-corrected chi connectivity index (χ2v) is 5.23. The van der Waals surface area contributed by atoms with Crippen molar-refractivity contribution in [3.8, 4) is 0 Å². The van der Waals surface area contributed by atoms with E-state index in [0.29, 0.717) is 6.54 Å². The second-order valence-electron chi connectivity index (χ2n) is 5.23. The molecule has 3 rings (SSSR count). The van der Waals surface area contributed by atoms with Crippen molar-refractivity contribution in [2.75, 3.05) is 6.54 Å². The maximum atomic E-state index is 13.8. The normalized spacial score (nSPS) is 18.2. The van der Waals surface area contributed by atoms with E-state index in [1.807, 2.05) is 13.2 Å². The summed E-state index contributed by atoms with van der Waals surface area (Å²) in [5.41, 5.74) is 0.845. The summed E-state index contributed by atoms with van der Waals surface area (Å²) in [5.74, 6) is -1.91. The Morgan fingerprint density at radius 1 is 1.38 bits per heavy atom. The number of aromatic nitrogens is 2. The highest BCUT2D eigenvalue weighted by atomic mass is 19.1. The van der Waals surface area contributed by atoms with Gasteiger partial charge in [-0.3, -0.25) is 9.48 Å². The van der Waals surface area contributed by atoms with Crippen LogP contribution < -0.4 is 0 Å². The minimum absolute atomic E-state index is 0.0906. The van der Waals surface area contributed by atoms with Crippen LogP contribution in [0.5, 0.6) is 0 Å². The number of hydrogen-bond acceptors (Lipinski definition) is 2. The van der Waals surface area contributed by atoms with Crippen molar-refractivity contribution >= 4 is 5.91 Å². The van der Waals surface area contributed by atoms with Crippen LogP contribution >= 0.6 is 0 Å². The molecule has 1 aliphatic heterocycles. The summed E-state index contributed by atoms with van der Waals surface area (Å²) in [7, 11) is 1.81. The van der Waals surface area contributed by atoms with Crippen molar-refractivity contribution < 1.29 is 13.6 Å². The largest absolute Gasteiger partial charge is 0.331 e. The van der Waals surface area contributed by atoms with E-state index in [0.717, 1.165) is 30.5 Å². The lowest BCUT2D eigenvalue weighted by Crippen LogP contribution is -2.31. The molecule has 2 aromatic rings. The molecule has 1 aromatic heterocycles. The molecule has 0 radical (unpaired) electrons. The Labute approximate surface area is 121 Å². The third-order valence-corrected chi connectivity index (χ3v) is 3.78. The standard InChI is InChI=1S/C15H15F2N3O/c1-19-9-10(8-18-19)14-3-2-6-20(14)15(21)12-5-4-11(16)7-13(12)17/h4-5,7-9,14H,2-3,6H2,1H3/t14-/m0/s1. The van der Waals surface area contributed by atoms with E-state index in [1.165, 1.54) is 6.07 Å². The summed E-state index contributed by atoms with van der Waals surface area (Å²) in [6, 6.07) is 2.94. The topological polar surface area (TPSA) is 38.1 Å². The van der Waals surface area contributed by atoms with Gasteiger partial charge < -0.3 is 4.90 Å². The number of hydrogen-bond donors (Lipinski definition) is 0. The third kappa shape index (κ3) is 2.53. The highest BCUT2D eigenvalue weighted by molar-refractivity contribution is 5.95. The van der Waals surface area contributed by atoms with Gasteiger partial charge in [0.1, 0.15) is 11.6 Å². The van der Waals surface area contributed by atoms with Crippen LogP contribution in [-0.2, 0) is 7.05 Å². The minimum Gasteiger partial charge on any atom is -0.331 e. The SMILES string of the molecule is Cn1cc([C@@H]2CCCN2C(=O)c2ccc(F)cc2F)cn1. The van der Waals surface area contributed by atoms with Crippen LogP contribution in [0.25, 0.3) is 0 Å². The van der Waals surface area contributed by atoms with Gasteiger partial charge in [0.2, 0.25) is 0 Å². The van der Waals surface area contributed by atoms with Crippen molar-refractivity contribution in [2.24, 2.45) is 7.05 Å². The van der Waals surface area contributed by atoms with E-state index < -0.39 is 17.5 Å². The number of carbonyl (C=O) groups is 1. The molecule has 21 heavy (non-hydrogen) atoms. The number of rotatable bonds is 2. The molecule has 0 aliphatic carbocycles. The summed E-state index contributed by atoms with van der Waals surface area (Å²) in [6.07, 6.45) is 5.25.